The summed E-state index contributed by atoms with van der Waals surface area (Å²) in [7, 11) is 0. The predicted octanol–water partition coefficient (Wildman–Crippen LogP) is 3.57. The maximum atomic E-state index is 13.5. The van der Waals surface area contributed by atoms with Gasteiger partial charge in [0.05, 0.1) is 12.7 Å². The zero-order valence-electron chi connectivity index (χ0n) is 8.37. The molecule has 2 heteroatoms. The minimum Gasteiger partial charge on any atom is -0.370 e. The fourth-order valence-corrected chi connectivity index (χ4v) is 1.97. The number of benzene rings is 1. The molecule has 0 spiro atoms. The monoisotopic (exact) mass is 194 g/mol. The summed E-state index contributed by atoms with van der Waals surface area (Å²) in [5.74, 6) is 0. The SMILES string of the molecule is CCCC1OCC(F)c2ccccc21. The third-order valence-electron chi connectivity index (χ3n) is 2.67. The van der Waals surface area contributed by atoms with Crippen molar-refractivity contribution in [2.75, 3.05) is 6.61 Å². The summed E-state index contributed by atoms with van der Waals surface area (Å²) in [6.45, 7) is 2.33. The zero-order chi connectivity index (χ0) is 9.97. The van der Waals surface area contributed by atoms with Crippen molar-refractivity contribution in [1.82, 2.24) is 0 Å². The minimum atomic E-state index is -0.945. The lowest BCUT2D eigenvalue weighted by atomic mass is 9.94. The lowest BCUT2D eigenvalue weighted by Gasteiger charge is -2.28. The van der Waals surface area contributed by atoms with Crippen LogP contribution in [0.5, 0.6) is 0 Å². The predicted molar refractivity (Wildman–Crippen MR) is 53.9 cm³/mol. The van der Waals surface area contributed by atoms with Gasteiger partial charge in [0, 0.05) is 0 Å². The molecule has 1 aromatic carbocycles. The molecule has 1 heterocycles. The summed E-state index contributed by atoms with van der Waals surface area (Å²) in [6, 6.07) is 7.68. The molecule has 0 saturated heterocycles. The van der Waals surface area contributed by atoms with Crippen molar-refractivity contribution in [2.45, 2.75) is 32.0 Å². The van der Waals surface area contributed by atoms with Crippen LogP contribution in [-0.2, 0) is 4.74 Å². The average Bonchev–Trinajstić information content (AvgIpc) is 2.23. The van der Waals surface area contributed by atoms with E-state index >= 15 is 0 Å². The highest BCUT2D eigenvalue weighted by Crippen LogP contribution is 2.36. The van der Waals surface area contributed by atoms with E-state index in [1.165, 1.54) is 0 Å². The molecular formula is C12H15FO. The molecule has 0 amide bonds. The quantitative estimate of drug-likeness (QED) is 0.699. The highest BCUT2D eigenvalue weighted by atomic mass is 19.1. The summed E-state index contributed by atoms with van der Waals surface area (Å²) in [6.07, 6.45) is 1.20. The largest absolute Gasteiger partial charge is 0.370 e. The van der Waals surface area contributed by atoms with E-state index in [1.807, 2.05) is 24.3 Å². The van der Waals surface area contributed by atoms with E-state index in [0.29, 0.717) is 0 Å². The highest BCUT2D eigenvalue weighted by molar-refractivity contribution is 5.32. The summed E-state index contributed by atoms with van der Waals surface area (Å²) in [4.78, 5) is 0. The van der Waals surface area contributed by atoms with Crippen LogP contribution in [0.1, 0.15) is 43.2 Å². The summed E-state index contributed by atoms with van der Waals surface area (Å²) >= 11 is 0. The Morgan fingerprint density at radius 3 is 2.79 bits per heavy atom. The van der Waals surface area contributed by atoms with Crippen molar-refractivity contribution < 1.29 is 9.13 Å². The summed E-state index contributed by atoms with van der Waals surface area (Å²) in [5.41, 5.74) is 1.85. The molecule has 0 saturated carbocycles. The molecule has 0 bridgehead atoms. The van der Waals surface area contributed by atoms with Gasteiger partial charge < -0.3 is 4.74 Å². The van der Waals surface area contributed by atoms with E-state index in [9.17, 15) is 4.39 Å². The molecule has 1 aliphatic rings. The van der Waals surface area contributed by atoms with Crippen LogP contribution in [0.4, 0.5) is 4.39 Å². The van der Waals surface area contributed by atoms with Crippen LogP contribution in [0.15, 0.2) is 24.3 Å². The second-order valence-electron chi connectivity index (χ2n) is 3.71. The molecule has 0 N–H and O–H groups in total. The fourth-order valence-electron chi connectivity index (χ4n) is 1.97. The van der Waals surface area contributed by atoms with Gasteiger partial charge in [-0.3, -0.25) is 0 Å². The first-order chi connectivity index (χ1) is 6.83. The lowest BCUT2D eigenvalue weighted by Crippen LogP contribution is -2.18. The molecule has 1 aromatic rings. The topological polar surface area (TPSA) is 9.23 Å². The van der Waals surface area contributed by atoms with E-state index in [-0.39, 0.29) is 12.7 Å². The average molecular weight is 194 g/mol. The first-order valence-electron chi connectivity index (χ1n) is 5.17. The van der Waals surface area contributed by atoms with Crippen molar-refractivity contribution in [2.24, 2.45) is 0 Å². The molecule has 0 aliphatic carbocycles. The Labute approximate surface area is 83.9 Å². The first kappa shape index (κ1) is 9.66. The van der Waals surface area contributed by atoms with E-state index in [2.05, 4.69) is 6.92 Å². The summed E-state index contributed by atoms with van der Waals surface area (Å²) in [5, 5.41) is 0. The third-order valence-corrected chi connectivity index (χ3v) is 2.67. The zero-order valence-corrected chi connectivity index (χ0v) is 8.37. The van der Waals surface area contributed by atoms with Gasteiger partial charge in [-0.05, 0) is 17.5 Å². The van der Waals surface area contributed by atoms with Crippen molar-refractivity contribution in [1.29, 1.82) is 0 Å². The maximum Gasteiger partial charge on any atom is 0.149 e. The van der Waals surface area contributed by atoms with Gasteiger partial charge in [0.25, 0.3) is 0 Å². The van der Waals surface area contributed by atoms with E-state index in [0.717, 1.165) is 24.0 Å². The van der Waals surface area contributed by atoms with Crippen LogP contribution >= 0.6 is 0 Å². The molecule has 14 heavy (non-hydrogen) atoms. The number of ether oxygens (including phenoxy) is 1. The van der Waals surface area contributed by atoms with Gasteiger partial charge in [-0.2, -0.15) is 0 Å². The maximum absolute atomic E-state index is 13.5. The summed E-state index contributed by atoms with van der Waals surface area (Å²) < 4.78 is 18.9. The van der Waals surface area contributed by atoms with E-state index in [4.69, 9.17) is 4.74 Å². The highest BCUT2D eigenvalue weighted by Gasteiger charge is 2.26. The molecule has 2 rings (SSSR count). The smallest absolute Gasteiger partial charge is 0.149 e. The van der Waals surface area contributed by atoms with Gasteiger partial charge in [0.2, 0.25) is 0 Å². The Bertz CT molecular complexity index is 311. The number of hydrogen-bond acceptors (Lipinski definition) is 1. The number of rotatable bonds is 2. The second-order valence-corrected chi connectivity index (χ2v) is 3.71. The molecule has 0 aromatic heterocycles. The van der Waals surface area contributed by atoms with Crippen LogP contribution < -0.4 is 0 Å². The van der Waals surface area contributed by atoms with Crippen molar-refractivity contribution in [3.05, 3.63) is 35.4 Å². The van der Waals surface area contributed by atoms with Gasteiger partial charge in [-0.1, -0.05) is 37.6 Å². The first-order valence-corrected chi connectivity index (χ1v) is 5.17. The molecule has 1 aliphatic heterocycles. The van der Waals surface area contributed by atoms with Crippen molar-refractivity contribution in [3.63, 3.8) is 0 Å². The number of alkyl halides is 1. The molecule has 2 unspecified atom stereocenters. The molecule has 76 valence electrons. The van der Waals surface area contributed by atoms with Crippen LogP contribution in [0.25, 0.3) is 0 Å². The molecule has 0 fully saturated rings. The van der Waals surface area contributed by atoms with Gasteiger partial charge in [0.1, 0.15) is 6.17 Å². The Kier molecular flexibility index (Phi) is 2.82. The van der Waals surface area contributed by atoms with Crippen molar-refractivity contribution >= 4 is 0 Å². The second kappa shape index (κ2) is 4.09. The van der Waals surface area contributed by atoms with Crippen molar-refractivity contribution in [3.8, 4) is 0 Å². The minimum absolute atomic E-state index is 0.100. The van der Waals surface area contributed by atoms with Crippen LogP contribution in [0.2, 0.25) is 0 Å². The number of hydrogen-bond donors (Lipinski definition) is 0. The number of halogens is 1. The molecule has 2 atom stereocenters. The van der Waals surface area contributed by atoms with Gasteiger partial charge in [-0.15, -0.1) is 0 Å². The Balaban J connectivity index is 2.31. The van der Waals surface area contributed by atoms with Crippen LogP contribution in [0, 0.1) is 0 Å². The van der Waals surface area contributed by atoms with Gasteiger partial charge in [0.15, 0.2) is 0 Å². The van der Waals surface area contributed by atoms with E-state index < -0.39 is 6.17 Å². The Hall–Kier alpha value is -0.890. The standard InChI is InChI=1S/C12H15FO/c1-2-5-12-10-7-4-3-6-9(10)11(13)8-14-12/h3-4,6-7,11-12H,2,5,8H2,1H3. The molecule has 0 radical (unpaired) electrons. The van der Waals surface area contributed by atoms with E-state index in [1.54, 1.807) is 0 Å². The number of fused-ring (bicyclic) bond motifs is 1. The molecular weight excluding hydrogens is 179 g/mol. The van der Waals surface area contributed by atoms with Gasteiger partial charge in [-0.25, -0.2) is 4.39 Å². The lowest BCUT2D eigenvalue weighted by molar-refractivity contribution is -0.00563. The van der Waals surface area contributed by atoms with Gasteiger partial charge >= 0.3 is 0 Å². The molecule has 1 nitrogen and oxygen atoms in total. The fraction of sp³-hybridized carbons (Fsp3) is 0.500. The van der Waals surface area contributed by atoms with Crippen LogP contribution in [-0.4, -0.2) is 6.61 Å². The Morgan fingerprint density at radius 1 is 1.36 bits per heavy atom. The third kappa shape index (κ3) is 1.67. The van der Waals surface area contributed by atoms with Crippen LogP contribution in [0.3, 0.4) is 0 Å². The Morgan fingerprint density at radius 2 is 2.07 bits per heavy atom. The normalized spacial score (nSPS) is 25.9.